The van der Waals surface area contributed by atoms with Crippen LogP contribution in [-0.4, -0.2) is 54.3 Å². The number of amides is 3. The van der Waals surface area contributed by atoms with E-state index in [1.165, 1.54) is 13.2 Å². The van der Waals surface area contributed by atoms with E-state index in [1.54, 1.807) is 50.2 Å². The lowest BCUT2D eigenvalue weighted by atomic mass is 10.2. The first-order valence-corrected chi connectivity index (χ1v) is 12.6. The second kappa shape index (κ2) is 12.3. The monoisotopic (exact) mass is 596 g/mol. The number of nitrogens with zero attached hydrogens (tertiary/aromatic N) is 1. The van der Waals surface area contributed by atoms with Crippen molar-refractivity contribution in [1.82, 2.24) is 4.90 Å². The third-order valence-electron chi connectivity index (χ3n) is 4.57. The minimum Gasteiger partial charge on any atom is -0.493 e. The Morgan fingerprint density at radius 2 is 1.94 bits per heavy atom. The van der Waals surface area contributed by atoms with Crippen molar-refractivity contribution < 1.29 is 33.4 Å². The van der Waals surface area contributed by atoms with Crippen LogP contribution in [0.1, 0.15) is 19.4 Å². The zero-order valence-corrected chi connectivity index (χ0v) is 22.7. The number of benzene rings is 2. The van der Waals surface area contributed by atoms with Crippen LogP contribution < -0.4 is 14.8 Å². The molecule has 2 aromatic carbocycles. The fourth-order valence-corrected chi connectivity index (χ4v) is 4.66. The molecule has 0 unspecified atom stereocenters. The molecule has 1 N–H and O–H groups in total. The molecular weight excluding hydrogens is 576 g/mol. The Morgan fingerprint density at radius 3 is 2.61 bits per heavy atom. The number of nitrogens with one attached hydrogen (secondary N) is 1. The number of para-hydroxylation sites is 1. The van der Waals surface area contributed by atoms with Gasteiger partial charge < -0.3 is 19.5 Å². The van der Waals surface area contributed by atoms with Gasteiger partial charge in [-0.25, -0.2) is 0 Å². The van der Waals surface area contributed by atoms with E-state index in [1.807, 2.05) is 0 Å². The summed E-state index contributed by atoms with van der Waals surface area (Å²) >= 11 is 10.2. The van der Waals surface area contributed by atoms with E-state index in [4.69, 9.17) is 25.8 Å². The smallest absolute Gasteiger partial charge is 0.326 e. The van der Waals surface area contributed by atoms with Crippen molar-refractivity contribution in [2.24, 2.45) is 0 Å². The molecule has 0 aliphatic carbocycles. The lowest BCUT2D eigenvalue weighted by Gasteiger charge is -2.14. The highest BCUT2D eigenvalue weighted by Gasteiger charge is 2.37. The van der Waals surface area contributed by atoms with Crippen LogP contribution in [0, 0.1) is 0 Å². The van der Waals surface area contributed by atoms with Crippen LogP contribution >= 0.6 is 39.3 Å². The van der Waals surface area contributed by atoms with Crippen LogP contribution in [0.2, 0.25) is 5.02 Å². The number of carbonyl (C=O) groups is 4. The summed E-state index contributed by atoms with van der Waals surface area (Å²) < 4.78 is 16.5. The van der Waals surface area contributed by atoms with Crippen LogP contribution in [-0.2, 0) is 19.1 Å². The number of thioether (sulfide) groups is 1. The zero-order chi connectivity index (χ0) is 26.4. The second-order valence-electron chi connectivity index (χ2n) is 7.66. The Kier molecular flexibility index (Phi) is 9.41. The molecule has 36 heavy (non-hydrogen) atoms. The van der Waals surface area contributed by atoms with Gasteiger partial charge in [0.2, 0.25) is 0 Å². The first-order valence-electron chi connectivity index (χ1n) is 10.6. The molecule has 190 valence electrons. The van der Waals surface area contributed by atoms with Crippen LogP contribution in [0.5, 0.6) is 11.5 Å². The first-order chi connectivity index (χ1) is 17.1. The van der Waals surface area contributed by atoms with Crippen molar-refractivity contribution in [3.8, 4) is 11.5 Å². The topological polar surface area (TPSA) is 111 Å². The Morgan fingerprint density at radius 1 is 1.22 bits per heavy atom. The Hall–Kier alpha value is -3.02. The molecule has 1 heterocycles. The van der Waals surface area contributed by atoms with Gasteiger partial charge in [-0.05, 0) is 77.4 Å². The van der Waals surface area contributed by atoms with E-state index >= 15 is 0 Å². The average molecular weight is 598 g/mol. The quantitative estimate of drug-likeness (QED) is 0.313. The average Bonchev–Trinajstić information content (AvgIpc) is 3.06. The van der Waals surface area contributed by atoms with Crippen molar-refractivity contribution in [3.63, 3.8) is 0 Å². The summed E-state index contributed by atoms with van der Waals surface area (Å²) in [6, 6.07) is 10.0. The molecule has 12 heteroatoms. The van der Waals surface area contributed by atoms with Gasteiger partial charge in [-0.15, -0.1) is 0 Å². The fourth-order valence-electron chi connectivity index (χ4n) is 3.07. The van der Waals surface area contributed by atoms with Gasteiger partial charge >= 0.3 is 5.97 Å². The summed E-state index contributed by atoms with van der Waals surface area (Å²) in [7, 11) is 1.43. The second-order valence-corrected chi connectivity index (χ2v) is 9.91. The van der Waals surface area contributed by atoms with Crippen molar-refractivity contribution in [1.29, 1.82) is 0 Å². The largest absolute Gasteiger partial charge is 0.493 e. The van der Waals surface area contributed by atoms with Gasteiger partial charge in [0.1, 0.15) is 6.54 Å². The van der Waals surface area contributed by atoms with Crippen LogP contribution in [0.15, 0.2) is 45.8 Å². The molecular formula is C24H22BrClN2O7S. The van der Waals surface area contributed by atoms with Crippen molar-refractivity contribution >= 4 is 74.1 Å². The zero-order valence-electron chi connectivity index (χ0n) is 19.5. The molecule has 9 nitrogen and oxygen atoms in total. The number of esters is 1. The van der Waals surface area contributed by atoms with Gasteiger partial charge in [-0.1, -0.05) is 23.7 Å². The number of imide groups is 1. The number of ether oxygens (including phenoxy) is 3. The SMILES string of the molecule is COc1cc(/C=C2\SC(=O)N(CC(=O)OC(C)C)C2=O)cc(Br)c1OCC(=O)Nc1ccccc1Cl. The Bertz CT molecular complexity index is 1230. The van der Waals surface area contributed by atoms with E-state index in [2.05, 4.69) is 21.2 Å². The summed E-state index contributed by atoms with van der Waals surface area (Å²) in [5.41, 5.74) is 0.988. The standard InChI is InChI=1S/C24H22BrClN2O7S/c1-13(2)35-21(30)11-28-23(31)19(36-24(28)32)10-14-8-15(25)22(18(9-14)33-3)34-12-20(29)27-17-7-5-4-6-16(17)26/h4-10,13H,11-12H2,1-3H3,(H,27,29)/b19-10-. The van der Waals surface area contributed by atoms with Gasteiger partial charge in [-0.2, -0.15) is 0 Å². The predicted molar refractivity (Wildman–Crippen MR) is 140 cm³/mol. The summed E-state index contributed by atoms with van der Waals surface area (Å²) in [6.45, 7) is 2.58. The molecule has 1 aliphatic heterocycles. The molecule has 0 atom stereocenters. The molecule has 1 aliphatic rings. The summed E-state index contributed by atoms with van der Waals surface area (Å²) in [5, 5.41) is 2.49. The summed E-state index contributed by atoms with van der Waals surface area (Å²) in [5.74, 6) is -1.13. The maximum atomic E-state index is 12.7. The highest BCUT2D eigenvalue weighted by molar-refractivity contribution is 9.10. The molecule has 1 fully saturated rings. The van der Waals surface area contributed by atoms with Gasteiger partial charge in [0.05, 0.1) is 33.3 Å². The highest BCUT2D eigenvalue weighted by atomic mass is 79.9. The minimum absolute atomic E-state index is 0.138. The number of anilines is 1. The normalized spacial score (nSPS) is 14.4. The van der Waals surface area contributed by atoms with Crippen LogP contribution in [0.25, 0.3) is 6.08 Å². The fraction of sp³-hybridized carbons (Fsp3) is 0.250. The third kappa shape index (κ3) is 7.02. The molecule has 2 aromatic rings. The van der Waals surface area contributed by atoms with E-state index in [9.17, 15) is 19.2 Å². The minimum atomic E-state index is -0.668. The molecule has 0 bridgehead atoms. The number of rotatable bonds is 9. The van der Waals surface area contributed by atoms with Crippen LogP contribution in [0.4, 0.5) is 10.5 Å². The van der Waals surface area contributed by atoms with Crippen LogP contribution in [0.3, 0.4) is 0 Å². The maximum Gasteiger partial charge on any atom is 0.326 e. The van der Waals surface area contributed by atoms with Crippen molar-refractivity contribution in [2.45, 2.75) is 20.0 Å². The lowest BCUT2D eigenvalue weighted by molar-refractivity contribution is -0.149. The predicted octanol–water partition coefficient (Wildman–Crippen LogP) is 5.12. The first kappa shape index (κ1) is 27.6. The van der Waals surface area contributed by atoms with Gasteiger partial charge in [0.25, 0.3) is 17.1 Å². The third-order valence-corrected chi connectivity index (χ3v) is 6.40. The Balaban J connectivity index is 1.72. The number of carbonyl (C=O) groups excluding carboxylic acids is 4. The number of halogens is 2. The number of hydrogen-bond donors (Lipinski definition) is 1. The molecule has 3 amide bonds. The van der Waals surface area contributed by atoms with Crippen molar-refractivity contribution in [3.05, 3.63) is 56.4 Å². The van der Waals surface area contributed by atoms with E-state index in [0.29, 0.717) is 38.3 Å². The number of hydrogen-bond acceptors (Lipinski definition) is 8. The number of methoxy groups -OCH3 is 1. The molecule has 0 radical (unpaired) electrons. The Labute approximate surface area is 225 Å². The van der Waals surface area contributed by atoms with Gasteiger partial charge in [0.15, 0.2) is 18.1 Å². The molecule has 0 aromatic heterocycles. The van der Waals surface area contributed by atoms with E-state index < -0.39 is 29.6 Å². The van der Waals surface area contributed by atoms with E-state index in [0.717, 1.165) is 4.90 Å². The summed E-state index contributed by atoms with van der Waals surface area (Å²) in [6.07, 6.45) is 1.14. The van der Waals surface area contributed by atoms with Gasteiger partial charge in [-0.3, -0.25) is 24.1 Å². The molecule has 1 saturated heterocycles. The van der Waals surface area contributed by atoms with Crippen molar-refractivity contribution in [2.75, 3.05) is 25.6 Å². The summed E-state index contributed by atoms with van der Waals surface area (Å²) in [4.78, 5) is 50.1. The van der Waals surface area contributed by atoms with Gasteiger partial charge in [0, 0.05) is 0 Å². The van der Waals surface area contributed by atoms with E-state index in [-0.39, 0.29) is 23.4 Å². The lowest BCUT2D eigenvalue weighted by Crippen LogP contribution is -2.35. The highest BCUT2D eigenvalue weighted by Crippen LogP contribution is 2.39. The molecule has 0 saturated carbocycles. The molecule has 3 rings (SSSR count). The molecule has 0 spiro atoms. The maximum absolute atomic E-state index is 12.7.